The van der Waals surface area contributed by atoms with Crippen LogP contribution in [0.3, 0.4) is 0 Å². The number of nitriles is 1. The second-order valence-corrected chi connectivity index (χ2v) is 1.94. The Balaban J connectivity index is 3.41. The topological polar surface area (TPSA) is 61.1 Å². The molecule has 3 nitrogen and oxygen atoms in total. The van der Waals surface area contributed by atoms with Gasteiger partial charge in [-0.25, -0.2) is 0 Å². The molecule has 0 spiro atoms. The predicted octanol–water partition coefficient (Wildman–Crippen LogP) is 1.01. The van der Waals surface area contributed by atoms with Crippen molar-refractivity contribution in [2.75, 3.05) is 0 Å². The molecule has 0 rings (SSSR count). The van der Waals surface area contributed by atoms with E-state index in [1.54, 1.807) is 6.92 Å². The molecule has 1 unspecified atom stereocenters. The summed E-state index contributed by atoms with van der Waals surface area (Å²) in [5, 5.41) is 16.4. The van der Waals surface area contributed by atoms with E-state index in [1.807, 2.05) is 6.07 Å². The molecule has 0 amide bonds. The Kier molecular flexibility index (Phi) is 3.45. The standard InChI is InChI=1S/C6H9NO2/c1-5(6(8)9)3-2-4-7/h5H,2-3H2,1H3,(H,8,9). The normalized spacial score (nSPS) is 12.0. The summed E-state index contributed by atoms with van der Waals surface area (Å²) < 4.78 is 0. The van der Waals surface area contributed by atoms with Crippen LogP contribution in [0.1, 0.15) is 19.8 Å². The summed E-state index contributed by atoms with van der Waals surface area (Å²) in [4.78, 5) is 10.1. The molecule has 3 heteroatoms. The maximum Gasteiger partial charge on any atom is 0.306 e. The van der Waals surface area contributed by atoms with Gasteiger partial charge in [-0.15, -0.1) is 0 Å². The number of carboxylic acids is 1. The van der Waals surface area contributed by atoms with Gasteiger partial charge in [0.15, 0.2) is 0 Å². The van der Waals surface area contributed by atoms with Crippen LogP contribution in [0.2, 0.25) is 0 Å². The Labute approximate surface area is 53.9 Å². The Morgan fingerprint density at radius 3 is 2.78 bits per heavy atom. The van der Waals surface area contributed by atoms with Gasteiger partial charge < -0.3 is 5.11 Å². The Morgan fingerprint density at radius 2 is 2.44 bits per heavy atom. The molecule has 9 heavy (non-hydrogen) atoms. The summed E-state index contributed by atoms with van der Waals surface area (Å²) in [7, 11) is 0. The van der Waals surface area contributed by atoms with Crippen molar-refractivity contribution >= 4 is 5.97 Å². The minimum absolute atomic E-state index is 0.327. The van der Waals surface area contributed by atoms with Crippen LogP contribution in [-0.2, 0) is 4.79 Å². The van der Waals surface area contributed by atoms with Crippen LogP contribution in [0.25, 0.3) is 0 Å². The number of rotatable bonds is 3. The average Bonchev–Trinajstić information content (AvgIpc) is 1.82. The molecule has 0 aliphatic rings. The van der Waals surface area contributed by atoms with Crippen LogP contribution < -0.4 is 0 Å². The van der Waals surface area contributed by atoms with Gasteiger partial charge in [-0.3, -0.25) is 4.79 Å². The zero-order valence-electron chi connectivity index (χ0n) is 5.29. The number of hydrogen-bond acceptors (Lipinski definition) is 2. The van der Waals surface area contributed by atoms with Gasteiger partial charge in [-0.2, -0.15) is 5.26 Å². The second kappa shape index (κ2) is 3.90. The number of carboxylic acid groups (broad SMARTS) is 1. The number of hydrogen-bond donors (Lipinski definition) is 1. The van der Waals surface area contributed by atoms with Gasteiger partial charge in [0.1, 0.15) is 0 Å². The van der Waals surface area contributed by atoms with Gasteiger partial charge >= 0.3 is 5.97 Å². The molecule has 0 fully saturated rings. The van der Waals surface area contributed by atoms with Crippen molar-refractivity contribution in [3.05, 3.63) is 0 Å². The lowest BCUT2D eigenvalue weighted by Gasteiger charge is -1.99. The predicted molar refractivity (Wildman–Crippen MR) is 31.6 cm³/mol. The second-order valence-electron chi connectivity index (χ2n) is 1.94. The SMILES string of the molecule is CC(CCC#N)C(=O)O. The lowest BCUT2D eigenvalue weighted by molar-refractivity contribution is -0.141. The summed E-state index contributed by atoms with van der Waals surface area (Å²) in [6.45, 7) is 1.60. The minimum Gasteiger partial charge on any atom is -0.481 e. The molecule has 0 aromatic rings. The molecule has 0 aliphatic carbocycles. The van der Waals surface area contributed by atoms with Gasteiger partial charge in [0.25, 0.3) is 0 Å². The number of carbonyl (C=O) groups is 1. The lowest BCUT2D eigenvalue weighted by atomic mass is 10.1. The van der Waals surface area contributed by atoms with Gasteiger partial charge in [-0.05, 0) is 6.42 Å². The highest BCUT2D eigenvalue weighted by Crippen LogP contribution is 2.03. The van der Waals surface area contributed by atoms with Crippen molar-refractivity contribution in [2.45, 2.75) is 19.8 Å². The molecular weight excluding hydrogens is 118 g/mol. The molecule has 0 aliphatic heterocycles. The third-order valence-corrected chi connectivity index (χ3v) is 1.11. The zero-order chi connectivity index (χ0) is 7.28. The van der Waals surface area contributed by atoms with E-state index in [2.05, 4.69) is 0 Å². The van der Waals surface area contributed by atoms with E-state index in [-0.39, 0.29) is 5.92 Å². The molecular formula is C6H9NO2. The van der Waals surface area contributed by atoms with Crippen molar-refractivity contribution in [1.82, 2.24) is 0 Å². The van der Waals surface area contributed by atoms with Gasteiger partial charge in [0.05, 0.1) is 12.0 Å². The van der Waals surface area contributed by atoms with Crippen molar-refractivity contribution in [2.24, 2.45) is 5.92 Å². The monoisotopic (exact) mass is 127 g/mol. The van der Waals surface area contributed by atoms with Crippen molar-refractivity contribution in [3.63, 3.8) is 0 Å². The molecule has 0 aromatic carbocycles. The van der Waals surface area contributed by atoms with E-state index < -0.39 is 5.97 Å². The first-order valence-electron chi connectivity index (χ1n) is 2.78. The number of nitrogens with zero attached hydrogens (tertiary/aromatic N) is 1. The highest BCUT2D eigenvalue weighted by Gasteiger charge is 2.08. The van der Waals surface area contributed by atoms with E-state index in [4.69, 9.17) is 10.4 Å². The van der Waals surface area contributed by atoms with Crippen LogP contribution in [0.15, 0.2) is 0 Å². The van der Waals surface area contributed by atoms with E-state index in [9.17, 15) is 4.79 Å². The molecule has 0 radical (unpaired) electrons. The van der Waals surface area contributed by atoms with Gasteiger partial charge in [0, 0.05) is 6.42 Å². The van der Waals surface area contributed by atoms with Crippen LogP contribution in [0.5, 0.6) is 0 Å². The molecule has 0 heterocycles. The molecule has 50 valence electrons. The molecule has 0 saturated carbocycles. The summed E-state index contributed by atoms with van der Waals surface area (Å²) in [6, 6.07) is 1.89. The van der Waals surface area contributed by atoms with Crippen molar-refractivity contribution < 1.29 is 9.90 Å². The Bertz CT molecular complexity index is 136. The zero-order valence-corrected chi connectivity index (χ0v) is 5.29. The lowest BCUT2D eigenvalue weighted by Crippen LogP contribution is -2.08. The maximum atomic E-state index is 10.1. The Hall–Kier alpha value is -1.04. The van der Waals surface area contributed by atoms with E-state index in [0.717, 1.165) is 0 Å². The molecule has 0 bridgehead atoms. The van der Waals surface area contributed by atoms with Crippen LogP contribution in [0, 0.1) is 17.2 Å². The highest BCUT2D eigenvalue weighted by molar-refractivity contribution is 5.69. The maximum absolute atomic E-state index is 10.1. The summed E-state index contributed by atoms with van der Waals surface area (Å²) in [5.41, 5.74) is 0. The average molecular weight is 127 g/mol. The first-order valence-corrected chi connectivity index (χ1v) is 2.78. The largest absolute Gasteiger partial charge is 0.481 e. The molecule has 1 N–H and O–H groups in total. The fourth-order valence-corrected chi connectivity index (χ4v) is 0.405. The van der Waals surface area contributed by atoms with Crippen molar-refractivity contribution in [3.8, 4) is 6.07 Å². The highest BCUT2D eigenvalue weighted by atomic mass is 16.4. The van der Waals surface area contributed by atoms with E-state index in [1.165, 1.54) is 0 Å². The minimum atomic E-state index is -0.828. The third kappa shape index (κ3) is 3.53. The fourth-order valence-electron chi connectivity index (χ4n) is 0.405. The number of aliphatic carboxylic acids is 1. The molecule has 1 atom stereocenters. The summed E-state index contributed by atoms with van der Waals surface area (Å²) in [6.07, 6.45) is 0.777. The first kappa shape index (κ1) is 7.96. The Morgan fingerprint density at radius 1 is 1.89 bits per heavy atom. The van der Waals surface area contributed by atoms with Gasteiger partial charge in [0.2, 0.25) is 0 Å². The third-order valence-electron chi connectivity index (χ3n) is 1.11. The van der Waals surface area contributed by atoms with Crippen LogP contribution in [-0.4, -0.2) is 11.1 Å². The smallest absolute Gasteiger partial charge is 0.306 e. The van der Waals surface area contributed by atoms with E-state index in [0.29, 0.717) is 12.8 Å². The molecule has 0 saturated heterocycles. The quantitative estimate of drug-likeness (QED) is 0.615. The fraction of sp³-hybridized carbons (Fsp3) is 0.667. The summed E-state index contributed by atoms with van der Waals surface area (Å²) in [5.74, 6) is -1.21. The van der Waals surface area contributed by atoms with Gasteiger partial charge in [-0.1, -0.05) is 6.92 Å². The summed E-state index contributed by atoms with van der Waals surface area (Å²) >= 11 is 0. The van der Waals surface area contributed by atoms with Crippen LogP contribution >= 0.6 is 0 Å². The molecule has 0 aromatic heterocycles. The van der Waals surface area contributed by atoms with Crippen molar-refractivity contribution in [1.29, 1.82) is 5.26 Å². The first-order chi connectivity index (χ1) is 4.18. The van der Waals surface area contributed by atoms with E-state index >= 15 is 0 Å². The van der Waals surface area contributed by atoms with Crippen LogP contribution in [0.4, 0.5) is 0 Å².